The Hall–Kier alpha value is -2.31. The maximum Gasteiger partial charge on any atom is 0.145 e. The molecular formula is C12H8BrN5. The number of benzene rings is 1. The van der Waals surface area contributed by atoms with E-state index >= 15 is 0 Å². The van der Waals surface area contributed by atoms with Gasteiger partial charge in [-0.2, -0.15) is 15.6 Å². The molecule has 0 spiro atoms. The first-order valence-corrected chi connectivity index (χ1v) is 5.87. The SMILES string of the molecule is N#CCc1nn(-c2ccc(Br)cc2)c(N)c1C#N. The van der Waals surface area contributed by atoms with Crippen LogP contribution in [0.1, 0.15) is 11.3 Å². The van der Waals surface area contributed by atoms with E-state index in [1.807, 2.05) is 36.4 Å². The second-order valence-electron chi connectivity index (χ2n) is 3.54. The fourth-order valence-corrected chi connectivity index (χ4v) is 1.84. The lowest BCUT2D eigenvalue weighted by molar-refractivity contribution is 0.861. The first-order valence-electron chi connectivity index (χ1n) is 5.07. The van der Waals surface area contributed by atoms with E-state index in [2.05, 4.69) is 21.0 Å². The van der Waals surface area contributed by atoms with E-state index in [4.69, 9.17) is 16.3 Å². The minimum atomic E-state index is 0.0661. The van der Waals surface area contributed by atoms with E-state index in [0.29, 0.717) is 5.69 Å². The topological polar surface area (TPSA) is 91.4 Å². The van der Waals surface area contributed by atoms with E-state index in [0.717, 1.165) is 10.2 Å². The van der Waals surface area contributed by atoms with Crippen molar-refractivity contribution < 1.29 is 0 Å². The third-order valence-electron chi connectivity index (χ3n) is 2.42. The average Bonchev–Trinajstić information content (AvgIpc) is 2.67. The van der Waals surface area contributed by atoms with Crippen LogP contribution in [0.2, 0.25) is 0 Å². The third kappa shape index (κ3) is 2.06. The molecule has 0 fully saturated rings. The van der Waals surface area contributed by atoms with Gasteiger partial charge in [0, 0.05) is 4.47 Å². The van der Waals surface area contributed by atoms with Crippen molar-refractivity contribution in [3.63, 3.8) is 0 Å². The van der Waals surface area contributed by atoms with Gasteiger partial charge in [0.1, 0.15) is 17.5 Å². The predicted octanol–water partition coefficient (Wildman–Crippen LogP) is 2.15. The van der Waals surface area contributed by atoms with Crippen molar-refractivity contribution >= 4 is 21.7 Å². The van der Waals surface area contributed by atoms with Crippen LogP contribution in [0.5, 0.6) is 0 Å². The zero-order chi connectivity index (χ0) is 13.1. The summed E-state index contributed by atoms with van der Waals surface area (Å²) < 4.78 is 2.41. The number of rotatable bonds is 2. The summed E-state index contributed by atoms with van der Waals surface area (Å²) in [5.74, 6) is 0.255. The molecule has 1 heterocycles. The molecule has 0 radical (unpaired) electrons. The molecule has 0 bridgehead atoms. The van der Waals surface area contributed by atoms with E-state index in [9.17, 15) is 0 Å². The fraction of sp³-hybridized carbons (Fsp3) is 0.0833. The highest BCUT2D eigenvalue weighted by Gasteiger charge is 2.15. The van der Waals surface area contributed by atoms with E-state index in [1.54, 1.807) is 0 Å². The number of halogens is 1. The lowest BCUT2D eigenvalue weighted by Gasteiger charge is -2.03. The molecule has 2 rings (SSSR count). The van der Waals surface area contributed by atoms with Crippen molar-refractivity contribution in [1.29, 1.82) is 10.5 Å². The fourth-order valence-electron chi connectivity index (χ4n) is 1.58. The molecule has 0 aliphatic heterocycles. The Bertz CT molecular complexity index is 658. The molecule has 0 saturated heterocycles. The summed E-state index contributed by atoms with van der Waals surface area (Å²) in [4.78, 5) is 0. The Kier molecular flexibility index (Phi) is 3.31. The Morgan fingerprint density at radius 1 is 1.28 bits per heavy atom. The van der Waals surface area contributed by atoms with Crippen LogP contribution < -0.4 is 5.73 Å². The van der Waals surface area contributed by atoms with Gasteiger partial charge >= 0.3 is 0 Å². The van der Waals surface area contributed by atoms with Crippen molar-refractivity contribution in [3.05, 3.63) is 40.0 Å². The van der Waals surface area contributed by atoms with Crippen LogP contribution in [0.3, 0.4) is 0 Å². The van der Waals surface area contributed by atoms with Crippen LogP contribution in [-0.4, -0.2) is 9.78 Å². The highest BCUT2D eigenvalue weighted by atomic mass is 79.9. The first-order chi connectivity index (χ1) is 8.67. The number of nitriles is 2. The molecule has 5 nitrogen and oxygen atoms in total. The number of anilines is 1. The van der Waals surface area contributed by atoms with Crippen LogP contribution in [0.25, 0.3) is 5.69 Å². The van der Waals surface area contributed by atoms with Gasteiger partial charge in [-0.15, -0.1) is 0 Å². The number of hydrogen-bond acceptors (Lipinski definition) is 4. The summed E-state index contributed by atoms with van der Waals surface area (Å²) in [7, 11) is 0. The smallest absolute Gasteiger partial charge is 0.145 e. The lowest BCUT2D eigenvalue weighted by Crippen LogP contribution is -2.02. The molecule has 6 heteroatoms. The van der Waals surface area contributed by atoms with Gasteiger partial charge in [0.25, 0.3) is 0 Å². The van der Waals surface area contributed by atoms with Gasteiger partial charge < -0.3 is 5.73 Å². The summed E-state index contributed by atoms with van der Waals surface area (Å²) >= 11 is 3.34. The molecule has 0 unspecified atom stereocenters. The van der Waals surface area contributed by atoms with Crippen LogP contribution in [0.4, 0.5) is 5.82 Å². The van der Waals surface area contributed by atoms with Gasteiger partial charge in [0.2, 0.25) is 0 Å². The predicted molar refractivity (Wildman–Crippen MR) is 69.7 cm³/mol. The van der Waals surface area contributed by atoms with E-state index in [-0.39, 0.29) is 17.8 Å². The zero-order valence-corrected chi connectivity index (χ0v) is 10.8. The Balaban J connectivity index is 2.56. The van der Waals surface area contributed by atoms with Crippen molar-refractivity contribution in [2.24, 2.45) is 0 Å². The van der Waals surface area contributed by atoms with E-state index < -0.39 is 0 Å². The first kappa shape index (κ1) is 12.2. The second kappa shape index (κ2) is 4.91. The van der Waals surface area contributed by atoms with Gasteiger partial charge in [0.15, 0.2) is 0 Å². The molecular weight excluding hydrogens is 294 g/mol. The van der Waals surface area contributed by atoms with Crippen molar-refractivity contribution in [1.82, 2.24) is 9.78 Å². The van der Waals surface area contributed by atoms with Crippen molar-refractivity contribution in [3.8, 4) is 17.8 Å². The summed E-state index contributed by atoms with van der Waals surface area (Å²) in [5.41, 5.74) is 7.29. The maximum absolute atomic E-state index is 9.03. The minimum Gasteiger partial charge on any atom is -0.382 e. The van der Waals surface area contributed by atoms with E-state index in [1.165, 1.54) is 4.68 Å². The quantitative estimate of drug-likeness (QED) is 0.920. The average molecular weight is 302 g/mol. The molecule has 0 atom stereocenters. The summed E-state index contributed by atoms with van der Waals surface area (Å²) in [6, 6.07) is 11.3. The lowest BCUT2D eigenvalue weighted by atomic mass is 10.2. The zero-order valence-electron chi connectivity index (χ0n) is 9.26. The van der Waals surface area contributed by atoms with Gasteiger partial charge in [-0.25, -0.2) is 4.68 Å². The molecule has 1 aromatic carbocycles. The van der Waals surface area contributed by atoms with Gasteiger partial charge in [-0.05, 0) is 24.3 Å². The Morgan fingerprint density at radius 3 is 2.50 bits per heavy atom. The molecule has 2 aromatic rings. The third-order valence-corrected chi connectivity index (χ3v) is 2.95. The number of hydrogen-bond donors (Lipinski definition) is 1. The molecule has 88 valence electrons. The number of nitrogens with zero attached hydrogens (tertiary/aromatic N) is 4. The molecule has 0 aliphatic rings. The second-order valence-corrected chi connectivity index (χ2v) is 4.46. The molecule has 18 heavy (non-hydrogen) atoms. The largest absolute Gasteiger partial charge is 0.382 e. The standard InChI is InChI=1S/C12H8BrN5/c13-8-1-3-9(4-2-8)18-12(16)10(7-15)11(17-18)5-6-14/h1-4H,5,16H2. The normalized spacial score (nSPS) is 9.72. The van der Waals surface area contributed by atoms with Crippen molar-refractivity contribution in [2.45, 2.75) is 6.42 Å². The Morgan fingerprint density at radius 2 is 1.94 bits per heavy atom. The monoisotopic (exact) mass is 301 g/mol. The summed E-state index contributed by atoms with van der Waals surface area (Å²) in [6.07, 6.45) is 0.0661. The van der Waals surface area contributed by atoms with Crippen LogP contribution in [0.15, 0.2) is 28.7 Å². The number of nitrogens with two attached hydrogens (primary N) is 1. The minimum absolute atomic E-state index is 0.0661. The Labute approximate surface area is 112 Å². The molecule has 0 saturated carbocycles. The summed E-state index contributed by atoms with van der Waals surface area (Å²) in [6.45, 7) is 0. The maximum atomic E-state index is 9.03. The van der Waals surface area contributed by atoms with Gasteiger partial charge in [-0.3, -0.25) is 0 Å². The van der Waals surface area contributed by atoms with Crippen LogP contribution in [0, 0.1) is 22.7 Å². The highest BCUT2D eigenvalue weighted by molar-refractivity contribution is 9.10. The number of nitrogen functional groups attached to an aromatic ring is 1. The van der Waals surface area contributed by atoms with Gasteiger partial charge in [-0.1, -0.05) is 15.9 Å². The molecule has 0 amide bonds. The van der Waals surface area contributed by atoms with Gasteiger partial charge in [0.05, 0.1) is 23.9 Å². The summed E-state index contributed by atoms with van der Waals surface area (Å²) in [5, 5.41) is 21.9. The molecule has 0 aliphatic carbocycles. The number of aromatic nitrogens is 2. The van der Waals surface area contributed by atoms with Crippen LogP contribution in [-0.2, 0) is 6.42 Å². The van der Waals surface area contributed by atoms with Crippen molar-refractivity contribution in [2.75, 3.05) is 5.73 Å². The highest BCUT2D eigenvalue weighted by Crippen LogP contribution is 2.22. The van der Waals surface area contributed by atoms with Crippen LogP contribution >= 0.6 is 15.9 Å². The molecule has 1 aromatic heterocycles. The molecule has 2 N–H and O–H groups in total.